The molecule has 0 amide bonds. The SMILES string of the molecule is CCNC(Cc1ccn(C(C)C)n1)C1CN2CCN1CC2. The molecule has 1 N–H and O–H groups in total. The van der Waals surface area contributed by atoms with E-state index in [9.17, 15) is 0 Å². The molecular weight excluding hydrogens is 262 g/mol. The molecule has 0 radical (unpaired) electrons. The summed E-state index contributed by atoms with van der Waals surface area (Å²) < 4.78 is 2.06. The summed E-state index contributed by atoms with van der Waals surface area (Å²) in [5, 5.41) is 8.44. The van der Waals surface area contributed by atoms with E-state index < -0.39 is 0 Å². The Balaban J connectivity index is 1.69. The van der Waals surface area contributed by atoms with Crippen molar-refractivity contribution in [2.75, 3.05) is 39.3 Å². The van der Waals surface area contributed by atoms with Crippen LogP contribution in [0.1, 0.15) is 32.5 Å². The predicted octanol–water partition coefficient (Wildman–Crippen LogP) is 0.984. The lowest BCUT2D eigenvalue weighted by Crippen LogP contribution is -2.66. The lowest BCUT2D eigenvalue weighted by molar-refractivity contribution is -0.00304. The van der Waals surface area contributed by atoms with Gasteiger partial charge >= 0.3 is 0 Å². The van der Waals surface area contributed by atoms with Crippen molar-refractivity contribution in [3.05, 3.63) is 18.0 Å². The Morgan fingerprint density at radius 3 is 2.57 bits per heavy atom. The van der Waals surface area contributed by atoms with Gasteiger partial charge in [0.2, 0.25) is 0 Å². The van der Waals surface area contributed by atoms with Gasteiger partial charge in [-0.05, 0) is 26.5 Å². The quantitative estimate of drug-likeness (QED) is 0.848. The lowest BCUT2D eigenvalue weighted by Gasteiger charge is -2.50. The largest absolute Gasteiger partial charge is 0.312 e. The molecule has 2 unspecified atom stereocenters. The number of likely N-dealkylation sites (N-methyl/N-ethyl adjacent to an activating group) is 1. The molecule has 0 aromatic carbocycles. The van der Waals surface area contributed by atoms with Crippen molar-refractivity contribution >= 4 is 0 Å². The van der Waals surface area contributed by atoms with Crippen molar-refractivity contribution in [3.63, 3.8) is 0 Å². The van der Waals surface area contributed by atoms with Crippen LogP contribution >= 0.6 is 0 Å². The normalized spacial score (nSPS) is 30.0. The first kappa shape index (κ1) is 15.0. The van der Waals surface area contributed by atoms with Crippen LogP contribution in [0.5, 0.6) is 0 Å². The summed E-state index contributed by atoms with van der Waals surface area (Å²) in [6.45, 7) is 13.8. The van der Waals surface area contributed by atoms with Crippen LogP contribution in [-0.2, 0) is 6.42 Å². The highest BCUT2D eigenvalue weighted by Crippen LogP contribution is 2.20. The van der Waals surface area contributed by atoms with E-state index in [2.05, 4.69) is 52.8 Å². The van der Waals surface area contributed by atoms with E-state index in [0.717, 1.165) is 13.0 Å². The molecular formula is C16H29N5. The topological polar surface area (TPSA) is 36.3 Å². The molecule has 5 heteroatoms. The van der Waals surface area contributed by atoms with Crippen LogP contribution in [0.3, 0.4) is 0 Å². The molecule has 5 nitrogen and oxygen atoms in total. The van der Waals surface area contributed by atoms with Crippen molar-refractivity contribution in [1.82, 2.24) is 24.9 Å². The van der Waals surface area contributed by atoms with Gasteiger partial charge in [-0.3, -0.25) is 14.5 Å². The molecule has 3 saturated heterocycles. The maximum atomic E-state index is 4.73. The Kier molecular flexibility index (Phi) is 4.62. The molecule has 0 saturated carbocycles. The standard InChI is InChI=1S/C16H29N5/c1-4-17-15(11-14-5-6-21(18-14)13(2)3)16-12-19-7-9-20(16)10-8-19/h5-6,13,15-17H,4,7-12H2,1-3H3. The summed E-state index contributed by atoms with van der Waals surface area (Å²) in [5.41, 5.74) is 1.22. The van der Waals surface area contributed by atoms with Crippen molar-refractivity contribution in [1.29, 1.82) is 0 Å². The van der Waals surface area contributed by atoms with Crippen LogP contribution < -0.4 is 5.32 Å². The van der Waals surface area contributed by atoms with E-state index in [-0.39, 0.29) is 0 Å². The van der Waals surface area contributed by atoms with E-state index in [1.807, 2.05) is 0 Å². The Labute approximate surface area is 128 Å². The number of hydrogen-bond donors (Lipinski definition) is 1. The molecule has 4 rings (SSSR count). The molecule has 21 heavy (non-hydrogen) atoms. The third-order valence-corrected chi connectivity index (χ3v) is 4.87. The molecule has 118 valence electrons. The third-order valence-electron chi connectivity index (χ3n) is 4.87. The number of fused-ring (bicyclic) bond motifs is 3. The molecule has 1 aromatic heterocycles. The summed E-state index contributed by atoms with van der Waals surface area (Å²) in [6.07, 6.45) is 3.14. The summed E-state index contributed by atoms with van der Waals surface area (Å²) in [6, 6.07) is 3.77. The minimum Gasteiger partial charge on any atom is -0.312 e. The number of rotatable bonds is 6. The first-order valence-electron chi connectivity index (χ1n) is 8.41. The van der Waals surface area contributed by atoms with E-state index in [4.69, 9.17) is 5.10 Å². The van der Waals surface area contributed by atoms with Crippen molar-refractivity contribution in [2.24, 2.45) is 0 Å². The van der Waals surface area contributed by atoms with Crippen molar-refractivity contribution < 1.29 is 0 Å². The minimum atomic E-state index is 0.442. The van der Waals surface area contributed by atoms with Gasteiger partial charge < -0.3 is 5.32 Å². The second-order valence-corrected chi connectivity index (χ2v) is 6.65. The fourth-order valence-electron chi connectivity index (χ4n) is 3.64. The van der Waals surface area contributed by atoms with Gasteiger partial charge in [0, 0.05) is 63.5 Å². The smallest absolute Gasteiger partial charge is 0.0640 e. The van der Waals surface area contributed by atoms with Crippen molar-refractivity contribution in [3.8, 4) is 0 Å². The Hall–Kier alpha value is -0.910. The van der Waals surface area contributed by atoms with Gasteiger partial charge in [-0.2, -0.15) is 5.10 Å². The molecule has 0 aliphatic carbocycles. The summed E-state index contributed by atoms with van der Waals surface area (Å²) in [4.78, 5) is 5.29. The fraction of sp³-hybridized carbons (Fsp3) is 0.812. The first-order chi connectivity index (χ1) is 10.2. The van der Waals surface area contributed by atoms with Gasteiger partial charge in [0.05, 0.1) is 5.69 Å². The van der Waals surface area contributed by atoms with Gasteiger partial charge in [0.1, 0.15) is 0 Å². The van der Waals surface area contributed by atoms with Gasteiger partial charge in [0.25, 0.3) is 0 Å². The lowest BCUT2D eigenvalue weighted by atomic mass is 9.96. The molecule has 3 aliphatic rings. The Morgan fingerprint density at radius 1 is 1.29 bits per heavy atom. The van der Waals surface area contributed by atoms with Crippen molar-refractivity contribution in [2.45, 2.75) is 45.3 Å². The zero-order valence-corrected chi connectivity index (χ0v) is 13.6. The predicted molar refractivity (Wildman–Crippen MR) is 85.6 cm³/mol. The number of aromatic nitrogens is 2. The first-order valence-corrected chi connectivity index (χ1v) is 8.41. The summed E-state index contributed by atoms with van der Waals surface area (Å²) >= 11 is 0. The van der Waals surface area contributed by atoms with Crippen LogP contribution in [0.15, 0.2) is 12.3 Å². The highest BCUT2D eigenvalue weighted by molar-refractivity contribution is 5.06. The summed E-state index contributed by atoms with van der Waals surface area (Å²) in [7, 11) is 0. The van der Waals surface area contributed by atoms with Gasteiger partial charge in [-0.1, -0.05) is 6.92 Å². The van der Waals surface area contributed by atoms with Crippen LogP contribution in [0.25, 0.3) is 0 Å². The summed E-state index contributed by atoms with van der Waals surface area (Å²) in [5.74, 6) is 0. The molecule has 4 heterocycles. The van der Waals surface area contributed by atoms with E-state index >= 15 is 0 Å². The van der Waals surface area contributed by atoms with Crippen LogP contribution in [0.2, 0.25) is 0 Å². The van der Waals surface area contributed by atoms with Gasteiger partial charge in [-0.15, -0.1) is 0 Å². The Bertz CT molecular complexity index is 447. The second kappa shape index (κ2) is 6.46. The molecule has 2 atom stereocenters. The van der Waals surface area contributed by atoms with Crippen LogP contribution in [0, 0.1) is 0 Å². The highest BCUT2D eigenvalue weighted by Gasteiger charge is 2.36. The average molecular weight is 291 g/mol. The zero-order chi connectivity index (χ0) is 14.8. The van der Waals surface area contributed by atoms with E-state index in [1.54, 1.807) is 0 Å². The molecule has 3 fully saturated rings. The Morgan fingerprint density at radius 2 is 2.05 bits per heavy atom. The number of piperazine rings is 3. The van der Waals surface area contributed by atoms with Gasteiger partial charge in [-0.25, -0.2) is 0 Å². The van der Waals surface area contributed by atoms with Gasteiger partial charge in [0.15, 0.2) is 0 Å². The number of nitrogens with one attached hydrogen (secondary N) is 1. The zero-order valence-electron chi connectivity index (χ0n) is 13.6. The number of hydrogen-bond acceptors (Lipinski definition) is 4. The van der Waals surface area contributed by atoms with Crippen LogP contribution in [0.4, 0.5) is 0 Å². The monoisotopic (exact) mass is 291 g/mol. The fourth-order valence-corrected chi connectivity index (χ4v) is 3.64. The maximum Gasteiger partial charge on any atom is 0.0640 e. The minimum absolute atomic E-state index is 0.442. The van der Waals surface area contributed by atoms with E-state index in [1.165, 1.54) is 38.4 Å². The average Bonchev–Trinajstić information content (AvgIpc) is 2.97. The molecule has 2 bridgehead atoms. The maximum absolute atomic E-state index is 4.73. The third kappa shape index (κ3) is 3.30. The second-order valence-electron chi connectivity index (χ2n) is 6.65. The highest BCUT2D eigenvalue weighted by atomic mass is 15.4. The molecule has 0 spiro atoms. The van der Waals surface area contributed by atoms with E-state index in [0.29, 0.717) is 18.1 Å². The van der Waals surface area contributed by atoms with Crippen LogP contribution in [-0.4, -0.2) is 70.9 Å². The molecule has 3 aliphatic heterocycles. The number of nitrogens with zero attached hydrogens (tertiary/aromatic N) is 4. The molecule has 1 aromatic rings.